The highest BCUT2D eigenvalue weighted by atomic mass is 16.6. The van der Waals surface area contributed by atoms with Crippen molar-refractivity contribution < 1.29 is 14.3 Å². The smallest absolute Gasteiger partial charge is 0.338 e. The molecule has 0 spiro atoms. The predicted octanol–water partition coefficient (Wildman–Crippen LogP) is 4.57. The molecule has 0 bridgehead atoms. The van der Waals surface area contributed by atoms with Gasteiger partial charge in [0, 0.05) is 6.61 Å². The van der Waals surface area contributed by atoms with Crippen molar-refractivity contribution in [1.82, 2.24) is 0 Å². The molecular weight excluding hydrogens is 276 g/mol. The van der Waals surface area contributed by atoms with Crippen molar-refractivity contribution in [2.45, 2.75) is 59.3 Å². The minimum absolute atomic E-state index is 0.250. The Kier molecular flexibility index (Phi) is 9.56. The normalized spacial score (nSPS) is 10.7. The minimum atomic E-state index is -0.250. The quantitative estimate of drug-likeness (QED) is 0.444. The lowest BCUT2D eigenvalue weighted by atomic mass is 10.0. The van der Waals surface area contributed by atoms with Crippen molar-refractivity contribution in [2.24, 2.45) is 0 Å². The molecule has 0 saturated carbocycles. The average molecular weight is 306 g/mol. The number of carbonyl (C=O) groups excluding carboxylic acids is 1. The van der Waals surface area contributed by atoms with Gasteiger partial charge in [-0.05, 0) is 42.5 Å². The summed E-state index contributed by atoms with van der Waals surface area (Å²) in [6.07, 6.45) is 6.63. The summed E-state index contributed by atoms with van der Waals surface area (Å²) < 4.78 is 10.8. The monoisotopic (exact) mass is 306 g/mol. The summed E-state index contributed by atoms with van der Waals surface area (Å²) in [5.74, 6) is -0.250. The molecule has 22 heavy (non-hydrogen) atoms. The Balaban J connectivity index is 2.30. The summed E-state index contributed by atoms with van der Waals surface area (Å²) >= 11 is 0. The van der Waals surface area contributed by atoms with Gasteiger partial charge in [0.05, 0.1) is 12.2 Å². The lowest BCUT2D eigenvalue weighted by Gasteiger charge is -2.09. The van der Waals surface area contributed by atoms with Gasteiger partial charge < -0.3 is 9.47 Å². The van der Waals surface area contributed by atoms with E-state index < -0.39 is 0 Å². The second-order valence-electron chi connectivity index (χ2n) is 5.55. The summed E-state index contributed by atoms with van der Waals surface area (Å²) in [7, 11) is 0. The number of hydrogen-bond acceptors (Lipinski definition) is 3. The van der Waals surface area contributed by atoms with Crippen LogP contribution in [0.15, 0.2) is 18.2 Å². The van der Waals surface area contributed by atoms with Crippen LogP contribution >= 0.6 is 0 Å². The molecule has 1 rings (SSSR count). The van der Waals surface area contributed by atoms with Gasteiger partial charge in [0.1, 0.15) is 6.61 Å². The zero-order valence-electron chi connectivity index (χ0n) is 14.3. The average Bonchev–Trinajstić information content (AvgIpc) is 2.56. The molecule has 3 heteroatoms. The molecule has 0 aromatic heterocycles. The van der Waals surface area contributed by atoms with Gasteiger partial charge in [-0.3, -0.25) is 0 Å². The first-order valence-corrected chi connectivity index (χ1v) is 8.58. The predicted molar refractivity (Wildman–Crippen MR) is 90.4 cm³/mol. The van der Waals surface area contributed by atoms with Crippen molar-refractivity contribution in [3.63, 3.8) is 0 Å². The number of ether oxygens (including phenoxy) is 2. The van der Waals surface area contributed by atoms with E-state index in [1.165, 1.54) is 30.4 Å². The van der Waals surface area contributed by atoms with E-state index in [9.17, 15) is 4.79 Å². The van der Waals surface area contributed by atoms with Crippen LogP contribution in [0.1, 0.15) is 67.9 Å². The molecule has 0 heterocycles. The van der Waals surface area contributed by atoms with Gasteiger partial charge in [-0.1, -0.05) is 46.1 Å². The Hall–Kier alpha value is -1.35. The van der Waals surface area contributed by atoms with E-state index in [0.717, 1.165) is 25.9 Å². The van der Waals surface area contributed by atoms with Crippen LogP contribution < -0.4 is 0 Å². The maximum absolute atomic E-state index is 12.1. The van der Waals surface area contributed by atoms with Crippen LogP contribution in [0.2, 0.25) is 0 Å². The molecule has 0 aliphatic heterocycles. The van der Waals surface area contributed by atoms with Crippen LogP contribution in [-0.2, 0) is 22.3 Å². The highest BCUT2D eigenvalue weighted by Gasteiger charge is 2.09. The van der Waals surface area contributed by atoms with E-state index >= 15 is 0 Å². The van der Waals surface area contributed by atoms with Crippen molar-refractivity contribution in [3.05, 3.63) is 34.9 Å². The van der Waals surface area contributed by atoms with Gasteiger partial charge in [-0.25, -0.2) is 4.79 Å². The second kappa shape index (κ2) is 11.2. The van der Waals surface area contributed by atoms with Crippen molar-refractivity contribution in [1.29, 1.82) is 0 Å². The Morgan fingerprint density at radius 2 is 1.55 bits per heavy atom. The van der Waals surface area contributed by atoms with Gasteiger partial charge in [0.15, 0.2) is 0 Å². The number of aryl methyl sites for hydroxylation is 2. The summed E-state index contributed by atoms with van der Waals surface area (Å²) in [4.78, 5) is 12.1. The fourth-order valence-corrected chi connectivity index (χ4v) is 2.30. The third-order valence-corrected chi connectivity index (χ3v) is 3.71. The largest absolute Gasteiger partial charge is 0.460 e. The summed E-state index contributed by atoms with van der Waals surface area (Å²) in [6.45, 7) is 7.93. The summed E-state index contributed by atoms with van der Waals surface area (Å²) in [5.41, 5.74) is 3.01. The van der Waals surface area contributed by atoms with Crippen LogP contribution in [0, 0.1) is 0 Å². The SMILES string of the molecule is CCCCCCOCCOC(=O)c1cc(CC)cc(CC)c1. The van der Waals surface area contributed by atoms with Crippen LogP contribution in [0.3, 0.4) is 0 Å². The van der Waals surface area contributed by atoms with Crippen LogP contribution in [0.25, 0.3) is 0 Å². The molecule has 0 atom stereocenters. The Labute approximate surface area is 135 Å². The fourth-order valence-electron chi connectivity index (χ4n) is 2.30. The molecular formula is C19H30O3. The van der Waals surface area contributed by atoms with E-state index in [4.69, 9.17) is 9.47 Å². The zero-order valence-corrected chi connectivity index (χ0v) is 14.3. The fraction of sp³-hybridized carbons (Fsp3) is 0.632. The van der Waals surface area contributed by atoms with Gasteiger partial charge in [-0.2, -0.15) is 0 Å². The van der Waals surface area contributed by atoms with Crippen molar-refractivity contribution in [3.8, 4) is 0 Å². The number of carbonyl (C=O) groups is 1. The van der Waals surface area contributed by atoms with Crippen molar-refractivity contribution in [2.75, 3.05) is 19.8 Å². The first-order chi connectivity index (χ1) is 10.7. The zero-order chi connectivity index (χ0) is 16.2. The molecule has 0 amide bonds. The Morgan fingerprint density at radius 3 is 2.14 bits per heavy atom. The standard InChI is InChI=1S/C19H30O3/c1-4-7-8-9-10-21-11-12-22-19(20)18-14-16(5-2)13-17(6-3)15-18/h13-15H,4-12H2,1-3H3. The van der Waals surface area contributed by atoms with Gasteiger partial charge >= 0.3 is 5.97 Å². The topological polar surface area (TPSA) is 35.5 Å². The Morgan fingerprint density at radius 1 is 0.864 bits per heavy atom. The highest BCUT2D eigenvalue weighted by Crippen LogP contribution is 2.13. The van der Waals surface area contributed by atoms with E-state index in [2.05, 4.69) is 26.8 Å². The first kappa shape index (κ1) is 18.7. The molecule has 0 aliphatic carbocycles. The number of hydrogen-bond donors (Lipinski definition) is 0. The molecule has 0 radical (unpaired) electrons. The molecule has 0 aliphatic rings. The molecule has 0 N–H and O–H groups in total. The molecule has 3 nitrogen and oxygen atoms in total. The van der Waals surface area contributed by atoms with Gasteiger partial charge in [-0.15, -0.1) is 0 Å². The molecule has 0 unspecified atom stereocenters. The lowest BCUT2D eigenvalue weighted by Crippen LogP contribution is -2.12. The second-order valence-corrected chi connectivity index (χ2v) is 5.55. The summed E-state index contributed by atoms with van der Waals surface area (Å²) in [6, 6.07) is 6.00. The molecule has 1 aromatic rings. The van der Waals surface area contributed by atoms with E-state index in [0.29, 0.717) is 18.8 Å². The van der Waals surface area contributed by atoms with Crippen molar-refractivity contribution >= 4 is 5.97 Å². The van der Waals surface area contributed by atoms with E-state index in [-0.39, 0.29) is 5.97 Å². The van der Waals surface area contributed by atoms with Crippen LogP contribution in [-0.4, -0.2) is 25.8 Å². The molecule has 124 valence electrons. The number of benzene rings is 1. The maximum Gasteiger partial charge on any atom is 0.338 e. The molecule has 1 aromatic carbocycles. The van der Waals surface area contributed by atoms with Crippen LogP contribution in [0.5, 0.6) is 0 Å². The van der Waals surface area contributed by atoms with E-state index in [1.807, 2.05) is 12.1 Å². The lowest BCUT2D eigenvalue weighted by molar-refractivity contribution is 0.0312. The Bertz CT molecular complexity index is 418. The summed E-state index contributed by atoms with van der Waals surface area (Å²) in [5, 5.41) is 0. The third kappa shape index (κ3) is 7.08. The third-order valence-electron chi connectivity index (χ3n) is 3.71. The number of unbranched alkanes of at least 4 members (excludes halogenated alkanes) is 3. The maximum atomic E-state index is 12.1. The van der Waals surface area contributed by atoms with Crippen LogP contribution in [0.4, 0.5) is 0 Å². The number of esters is 1. The van der Waals surface area contributed by atoms with Gasteiger partial charge in [0.2, 0.25) is 0 Å². The minimum Gasteiger partial charge on any atom is -0.460 e. The molecule has 0 fully saturated rings. The van der Waals surface area contributed by atoms with Gasteiger partial charge in [0.25, 0.3) is 0 Å². The molecule has 0 saturated heterocycles. The van der Waals surface area contributed by atoms with E-state index in [1.54, 1.807) is 0 Å². The highest BCUT2D eigenvalue weighted by molar-refractivity contribution is 5.89. The first-order valence-electron chi connectivity index (χ1n) is 8.58. The number of rotatable bonds is 11.